The summed E-state index contributed by atoms with van der Waals surface area (Å²) in [6.45, 7) is 1.54. The van der Waals surface area contributed by atoms with Crippen LogP contribution in [0.1, 0.15) is 32.5 Å². The van der Waals surface area contributed by atoms with Gasteiger partial charge in [-0.2, -0.15) is 0 Å². The van der Waals surface area contributed by atoms with Gasteiger partial charge in [-0.15, -0.1) is 0 Å². The number of nitro benzene ring substituents is 1. The van der Waals surface area contributed by atoms with Crippen LogP contribution in [0.2, 0.25) is 0 Å². The van der Waals surface area contributed by atoms with Gasteiger partial charge in [0, 0.05) is 17.7 Å². The van der Waals surface area contributed by atoms with Crippen molar-refractivity contribution < 1.29 is 33.9 Å². The topological polar surface area (TPSA) is 149 Å². The zero-order valence-corrected chi connectivity index (χ0v) is 20.1. The summed E-state index contributed by atoms with van der Waals surface area (Å²) in [6.07, 6.45) is 0. The summed E-state index contributed by atoms with van der Waals surface area (Å²) in [5, 5.41) is 22.6. The maximum absolute atomic E-state index is 13.3. The molecule has 3 aromatic rings. The van der Waals surface area contributed by atoms with Crippen molar-refractivity contribution >= 4 is 45.6 Å². The number of methoxy groups -OCH3 is 2. The molecule has 0 aliphatic carbocycles. The monoisotopic (exact) mass is 509 g/mol. The minimum atomic E-state index is -1.26. The summed E-state index contributed by atoms with van der Waals surface area (Å²) >= 11 is 0.829. The number of aromatic nitrogens is 1. The lowest BCUT2D eigenvalue weighted by Crippen LogP contribution is -2.29. The number of ketones is 1. The Labute approximate surface area is 208 Å². The van der Waals surface area contributed by atoms with E-state index in [2.05, 4.69) is 4.98 Å². The third kappa shape index (κ3) is 4.18. The van der Waals surface area contributed by atoms with Crippen molar-refractivity contribution in [1.29, 1.82) is 0 Å². The number of benzene rings is 2. The first kappa shape index (κ1) is 24.5. The first-order chi connectivity index (χ1) is 17.2. The van der Waals surface area contributed by atoms with Crippen LogP contribution in [0.25, 0.3) is 5.76 Å². The van der Waals surface area contributed by atoms with E-state index in [9.17, 15) is 29.6 Å². The van der Waals surface area contributed by atoms with Gasteiger partial charge in [-0.25, -0.2) is 9.78 Å². The molecule has 0 saturated carbocycles. The van der Waals surface area contributed by atoms with E-state index < -0.39 is 34.4 Å². The molecular formula is C24H19N3O8S. The second-order valence-electron chi connectivity index (χ2n) is 7.66. The van der Waals surface area contributed by atoms with E-state index in [1.165, 1.54) is 50.6 Å². The molecule has 36 heavy (non-hydrogen) atoms. The number of carbonyl (C=O) groups excluding carboxylic acids is 3. The van der Waals surface area contributed by atoms with E-state index in [1.54, 1.807) is 19.1 Å². The molecule has 1 saturated heterocycles. The quantitative estimate of drug-likeness (QED) is 0.131. The molecule has 0 unspecified atom stereocenters. The lowest BCUT2D eigenvalue weighted by Gasteiger charge is -2.22. The molecule has 2 aromatic carbocycles. The molecule has 1 aliphatic heterocycles. The Morgan fingerprint density at radius 1 is 1.17 bits per heavy atom. The summed E-state index contributed by atoms with van der Waals surface area (Å²) in [4.78, 5) is 54.9. The molecule has 11 nitrogen and oxygen atoms in total. The third-order valence-electron chi connectivity index (χ3n) is 5.55. The van der Waals surface area contributed by atoms with Crippen molar-refractivity contribution in [2.24, 2.45) is 0 Å². The molecule has 1 aromatic heterocycles. The molecule has 1 fully saturated rings. The van der Waals surface area contributed by atoms with Crippen LogP contribution in [0.4, 0.5) is 10.8 Å². The number of carbonyl (C=O) groups is 3. The first-order valence-corrected chi connectivity index (χ1v) is 11.2. The van der Waals surface area contributed by atoms with Crippen LogP contribution in [-0.4, -0.2) is 46.9 Å². The van der Waals surface area contributed by atoms with E-state index in [0.717, 1.165) is 16.2 Å². The number of rotatable bonds is 6. The fourth-order valence-corrected chi connectivity index (χ4v) is 4.86. The first-order valence-electron chi connectivity index (χ1n) is 10.4. The number of ether oxygens (including phenoxy) is 2. The molecule has 0 bridgehead atoms. The highest BCUT2D eigenvalue weighted by Crippen LogP contribution is 2.44. The number of thiazole rings is 1. The molecule has 0 radical (unpaired) electrons. The van der Waals surface area contributed by atoms with Gasteiger partial charge in [-0.05, 0) is 24.6 Å². The summed E-state index contributed by atoms with van der Waals surface area (Å²) < 4.78 is 9.94. The average molecular weight is 509 g/mol. The molecule has 1 aliphatic rings. The second-order valence-corrected chi connectivity index (χ2v) is 8.63. The van der Waals surface area contributed by atoms with E-state index in [4.69, 9.17) is 9.47 Å². The number of hydrogen-bond donors (Lipinski definition) is 1. The molecule has 1 N–H and O–H groups in total. The minimum absolute atomic E-state index is 0.00352. The standard InChI is InChI=1S/C24H19N3O8S/c1-12-21(23(31)35-3)36-24(25-12)26-18(13-6-4-8-15(10-13)27(32)33)17(20(29)22(26)30)19(28)14-7-5-9-16(11-14)34-2/h4-11,18,28H,1-3H3/b19-17+/t18-/m0/s1. The highest BCUT2D eigenvalue weighted by atomic mass is 32.1. The van der Waals surface area contributed by atoms with Crippen molar-refractivity contribution in [3.63, 3.8) is 0 Å². The largest absolute Gasteiger partial charge is 0.507 e. The Morgan fingerprint density at radius 3 is 2.56 bits per heavy atom. The fourth-order valence-electron chi connectivity index (χ4n) is 3.85. The highest BCUT2D eigenvalue weighted by Gasteiger charge is 2.48. The summed E-state index contributed by atoms with van der Waals surface area (Å²) in [5.74, 6) is -2.79. The van der Waals surface area contributed by atoms with E-state index in [-0.39, 0.29) is 38.1 Å². The molecular weight excluding hydrogens is 490 g/mol. The number of esters is 1. The number of hydrogen-bond acceptors (Lipinski definition) is 10. The number of amides is 1. The van der Waals surface area contributed by atoms with Crippen molar-refractivity contribution in [2.75, 3.05) is 19.1 Å². The van der Waals surface area contributed by atoms with Gasteiger partial charge in [-0.3, -0.25) is 24.6 Å². The summed E-state index contributed by atoms with van der Waals surface area (Å²) in [7, 11) is 2.63. The van der Waals surface area contributed by atoms with Crippen LogP contribution < -0.4 is 9.64 Å². The number of anilines is 1. The van der Waals surface area contributed by atoms with Gasteiger partial charge in [0.15, 0.2) is 5.13 Å². The van der Waals surface area contributed by atoms with Gasteiger partial charge in [0.05, 0.1) is 36.5 Å². The van der Waals surface area contributed by atoms with Crippen LogP contribution in [-0.2, 0) is 14.3 Å². The molecule has 1 amide bonds. The Morgan fingerprint density at radius 2 is 1.89 bits per heavy atom. The van der Waals surface area contributed by atoms with Gasteiger partial charge in [0.25, 0.3) is 11.5 Å². The Kier molecular flexibility index (Phi) is 6.53. The van der Waals surface area contributed by atoms with E-state index in [1.807, 2.05) is 0 Å². The Bertz CT molecular complexity index is 1440. The summed E-state index contributed by atoms with van der Waals surface area (Å²) in [6, 6.07) is 10.4. The average Bonchev–Trinajstić information content (AvgIpc) is 3.39. The predicted molar refractivity (Wildman–Crippen MR) is 129 cm³/mol. The molecule has 4 rings (SSSR count). The fraction of sp³-hybridized carbons (Fsp3) is 0.167. The van der Waals surface area contributed by atoms with Gasteiger partial charge in [-0.1, -0.05) is 35.6 Å². The Hall–Kier alpha value is -4.58. The number of nitrogens with zero attached hydrogens (tertiary/aromatic N) is 3. The van der Waals surface area contributed by atoms with Gasteiger partial charge in [0.1, 0.15) is 16.4 Å². The lowest BCUT2D eigenvalue weighted by atomic mass is 9.95. The van der Waals surface area contributed by atoms with Gasteiger partial charge in [0.2, 0.25) is 0 Å². The van der Waals surface area contributed by atoms with E-state index >= 15 is 0 Å². The van der Waals surface area contributed by atoms with Crippen LogP contribution in [0.5, 0.6) is 5.75 Å². The molecule has 2 heterocycles. The minimum Gasteiger partial charge on any atom is -0.507 e. The number of non-ortho nitro benzene ring substituents is 1. The summed E-state index contributed by atoms with van der Waals surface area (Å²) in [5.41, 5.74) is 0.106. The lowest BCUT2D eigenvalue weighted by molar-refractivity contribution is -0.384. The third-order valence-corrected chi connectivity index (χ3v) is 6.68. The van der Waals surface area contributed by atoms with Crippen LogP contribution >= 0.6 is 11.3 Å². The number of Topliss-reactive ketones (excluding diaryl/α,β-unsaturated/α-hetero) is 1. The highest BCUT2D eigenvalue weighted by molar-refractivity contribution is 7.17. The number of aryl methyl sites for hydroxylation is 1. The van der Waals surface area contributed by atoms with Crippen molar-refractivity contribution in [3.8, 4) is 5.75 Å². The molecule has 184 valence electrons. The van der Waals surface area contributed by atoms with Crippen LogP contribution in [0.15, 0.2) is 54.1 Å². The normalized spacial score (nSPS) is 16.8. The SMILES string of the molecule is COC(=O)c1sc(N2C(=O)C(=O)/C(=C(/O)c3cccc(OC)c3)[C@@H]2c2cccc([N+](=O)[O-])c2)nc1C. The van der Waals surface area contributed by atoms with Crippen LogP contribution in [0.3, 0.4) is 0 Å². The van der Waals surface area contributed by atoms with Gasteiger partial charge >= 0.3 is 11.9 Å². The number of aliphatic hydroxyl groups is 1. The second kappa shape index (κ2) is 9.58. The number of aliphatic hydroxyl groups excluding tert-OH is 1. The zero-order valence-electron chi connectivity index (χ0n) is 19.3. The van der Waals surface area contributed by atoms with Crippen molar-refractivity contribution in [3.05, 3.63) is 85.9 Å². The molecule has 12 heteroatoms. The zero-order chi connectivity index (χ0) is 26.1. The smallest absolute Gasteiger partial charge is 0.350 e. The number of nitro groups is 1. The van der Waals surface area contributed by atoms with Crippen LogP contribution in [0, 0.1) is 17.0 Å². The van der Waals surface area contributed by atoms with Crippen molar-refractivity contribution in [2.45, 2.75) is 13.0 Å². The maximum atomic E-state index is 13.3. The predicted octanol–water partition coefficient (Wildman–Crippen LogP) is 3.78. The van der Waals surface area contributed by atoms with Crippen molar-refractivity contribution in [1.82, 2.24) is 4.98 Å². The maximum Gasteiger partial charge on any atom is 0.350 e. The Balaban J connectivity index is 1.97. The molecule has 0 spiro atoms. The molecule has 1 atom stereocenters. The van der Waals surface area contributed by atoms with E-state index in [0.29, 0.717) is 5.75 Å². The van der Waals surface area contributed by atoms with Gasteiger partial charge < -0.3 is 14.6 Å².